The fourth-order valence-electron chi connectivity index (χ4n) is 1.60. The van der Waals surface area contributed by atoms with Gasteiger partial charge in [-0.3, -0.25) is 0 Å². The number of hydrogen-bond acceptors (Lipinski definition) is 3. The number of methoxy groups -OCH3 is 1. The van der Waals surface area contributed by atoms with Crippen LogP contribution >= 0.6 is 31.9 Å². The van der Waals surface area contributed by atoms with E-state index in [-0.39, 0.29) is 4.83 Å². The fourth-order valence-corrected chi connectivity index (χ4v) is 2.64. The summed E-state index contributed by atoms with van der Waals surface area (Å²) in [6.07, 6.45) is 2.31. The maximum absolute atomic E-state index is 5.09. The average molecular weight is 372 g/mol. The first-order valence-corrected chi connectivity index (χ1v) is 7.14. The molecule has 1 unspecified atom stereocenters. The molecule has 0 aliphatic carbocycles. The summed E-state index contributed by atoms with van der Waals surface area (Å²) in [5, 5.41) is 0. The molecule has 0 bridgehead atoms. The minimum absolute atomic E-state index is 0.217. The van der Waals surface area contributed by atoms with E-state index in [0.29, 0.717) is 5.88 Å². The van der Waals surface area contributed by atoms with Crippen molar-refractivity contribution in [2.45, 2.75) is 11.2 Å². The summed E-state index contributed by atoms with van der Waals surface area (Å²) in [5.41, 5.74) is 2.16. The van der Waals surface area contributed by atoms with Crippen LogP contribution in [-0.4, -0.2) is 17.1 Å². The molecule has 1 aromatic carbocycles. The van der Waals surface area contributed by atoms with Gasteiger partial charge in [-0.2, -0.15) is 0 Å². The normalized spacial score (nSPS) is 12.2. The van der Waals surface area contributed by atoms with E-state index >= 15 is 0 Å². The number of hydrogen-bond donors (Lipinski definition) is 0. The minimum Gasteiger partial charge on any atom is -0.481 e. The second-order valence-corrected chi connectivity index (χ2v) is 5.80. The van der Waals surface area contributed by atoms with Crippen molar-refractivity contribution in [2.75, 3.05) is 7.11 Å². The fraction of sp³-hybridized carbons (Fsp3) is 0.231. The zero-order valence-electron chi connectivity index (χ0n) is 9.81. The number of ether oxygens (including phenoxy) is 1. The Hall–Kier alpha value is -0.940. The molecule has 0 fully saturated rings. The molecule has 0 spiro atoms. The Morgan fingerprint density at radius 1 is 1.28 bits per heavy atom. The molecule has 0 radical (unpaired) electrons. The zero-order chi connectivity index (χ0) is 13.0. The molecule has 94 valence electrons. The summed E-state index contributed by atoms with van der Waals surface area (Å²) in [5.74, 6) is 0.592. The van der Waals surface area contributed by atoms with Crippen molar-refractivity contribution in [1.29, 1.82) is 0 Å². The molecule has 0 amide bonds. The van der Waals surface area contributed by atoms with E-state index in [0.717, 1.165) is 16.6 Å². The number of benzene rings is 1. The Kier molecular flexibility index (Phi) is 4.72. The van der Waals surface area contributed by atoms with Gasteiger partial charge in [0.1, 0.15) is 6.33 Å². The van der Waals surface area contributed by atoms with Gasteiger partial charge in [0.25, 0.3) is 0 Å². The molecule has 1 heterocycles. The van der Waals surface area contributed by atoms with Crippen LogP contribution in [-0.2, 0) is 6.42 Å². The molecule has 0 aliphatic heterocycles. The SMILES string of the molecule is COc1cc(CC(Br)c2cccc(Br)c2)ncn1. The lowest BCUT2D eigenvalue weighted by molar-refractivity contribution is 0.396. The second-order valence-electron chi connectivity index (χ2n) is 3.78. The van der Waals surface area contributed by atoms with E-state index in [1.54, 1.807) is 7.11 Å². The lowest BCUT2D eigenvalue weighted by Gasteiger charge is -2.10. The molecule has 2 rings (SSSR count). The summed E-state index contributed by atoms with van der Waals surface area (Å²) in [4.78, 5) is 8.46. The number of aromatic nitrogens is 2. The first-order chi connectivity index (χ1) is 8.69. The second kappa shape index (κ2) is 6.29. The van der Waals surface area contributed by atoms with Crippen molar-refractivity contribution >= 4 is 31.9 Å². The highest BCUT2D eigenvalue weighted by molar-refractivity contribution is 9.10. The van der Waals surface area contributed by atoms with Crippen LogP contribution in [0.2, 0.25) is 0 Å². The van der Waals surface area contributed by atoms with Gasteiger partial charge in [0, 0.05) is 27.5 Å². The maximum Gasteiger partial charge on any atom is 0.216 e. The standard InChI is InChI=1S/C13H12Br2N2O/c1-18-13-7-11(16-8-17-13)6-12(15)9-3-2-4-10(14)5-9/h2-5,7-8,12H,6H2,1H3. The average Bonchev–Trinajstić information content (AvgIpc) is 2.39. The van der Waals surface area contributed by atoms with E-state index in [1.165, 1.54) is 11.9 Å². The predicted octanol–water partition coefficient (Wildman–Crippen LogP) is 3.93. The van der Waals surface area contributed by atoms with Crippen LogP contribution in [0.4, 0.5) is 0 Å². The van der Waals surface area contributed by atoms with Crippen LogP contribution in [0.15, 0.2) is 41.1 Å². The van der Waals surface area contributed by atoms with Crippen LogP contribution in [0.3, 0.4) is 0 Å². The van der Waals surface area contributed by atoms with E-state index in [2.05, 4.69) is 54.0 Å². The first kappa shape index (κ1) is 13.5. The van der Waals surface area contributed by atoms with Gasteiger partial charge in [-0.1, -0.05) is 44.0 Å². The summed E-state index contributed by atoms with van der Waals surface area (Å²) < 4.78 is 6.16. The van der Waals surface area contributed by atoms with Crippen LogP contribution in [0.25, 0.3) is 0 Å². The Bertz CT molecular complexity index is 534. The third kappa shape index (κ3) is 3.53. The van der Waals surface area contributed by atoms with Crippen LogP contribution in [0, 0.1) is 0 Å². The van der Waals surface area contributed by atoms with Gasteiger partial charge in [-0.15, -0.1) is 0 Å². The van der Waals surface area contributed by atoms with Crippen molar-refractivity contribution in [1.82, 2.24) is 9.97 Å². The van der Waals surface area contributed by atoms with Crippen LogP contribution < -0.4 is 4.74 Å². The summed E-state index contributed by atoms with van der Waals surface area (Å²) >= 11 is 7.15. The van der Waals surface area contributed by atoms with Crippen molar-refractivity contribution in [3.63, 3.8) is 0 Å². The van der Waals surface area contributed by atoms with Crippen molar-refractivity contribution < 1.29 is 4.74 Å². The first-order valence-electron chi connectivity index (χ1n) is 5.43. The van der Waals surface area contributed by atoms with E-state index < -0.39 is 0 Å². The third-order valence-corrected chi connectivity index (χ3v) is 3.85. The molecule has 1 aromatic heterocycles. The summed E-state index contributed by atoms with van der Waals surface area (Å²) in [6, 6.07) is 10.1. The zero-order valence-corrected chi connectivity index (χ0v) is 13.0. The van der Waals surface area contributed by atoms with E-state index in [1.807, 2.05) is 18.2 Å². The Labute approximate surface area is 123 Å². The molecule has 0 N–H and O–H groups in total. The highest BCUT2D eigenvalue weighted by Gasteiger charge is 2.10. The Morgan fingerprint density at radius 3 is 2.83 bits per heavy atom. The highest BCUT2D eigenvalue weighted by atomic mass is 79.9. The van der Waals surface area contributed by atoms with Gasteiger partial charge < -0.3 is 4.74 Å². The molecular formula is C13H12Br2N2O. The maximum atomic E-state index is 5.09. The van der Waals surface area contributed by atoms with Gasteiger partial charge in [0.2, 0.25) is 5.88 Å². The molecular weight excluding hydrogens is 360 g/mol. The van der Waals surface area contributed by atoms with Gasteiger partial charge in [-0.05, 0) is 17.7 Å². The van der Waals surface area contributed by atoms with Crippen LogP contribution in [0.5, 0.6) is 5.88 Å². The van der Waals surface area contributed by atoms with Crippen molar-refractivity contribution in [3.05, 3.63) is 52.4 Å². The molecule has 2 aromatic rings. The topological polar surface area (TPSA) is 35.0 Å². The molecule has 3 nitrogen and oxygen atoms in total. The van der Waals surface area contributed by atoms with Crippen LogP contribution in [0.1, 0.15) is 16.1 Å². The van der Waals surface area contributed by atoms with Gasteiger partial charge in [0.15, 0.2) is 0 Å². The van der Waals surface area contributed by atoms with E-state index in [9.17, 15) is 0 Å². The third-order valence-electron chi connectivity index (χ3n) is 2.51. The number of halogens is 2. The Morgan fingerprint density at radius 2 is 2.11 bits per heavy atom. The highest BCUT2D eigenvalue weighted by Crippen LogP contribution is 2.28. The largest absolute Gasteiger partial charge is 0.481 e. The smallest absolute Gasteiger partial charge is 0.216 e. The van der Waals surface area contributed by atoms with Crippen molar-refractivity contribution in [2.24, 2.45) is 0 Å². The minimum atomic E-state index is 0.217. The quantitative estimate of drug-likeness (QED) is 0.764. The van der Waals surface area contributed by atoms with E-state index in [4.69, 9.17) is 4.74 Å². The lowest BCUT2D eigenvalue weighted by Crippen LogP contribution is -1.99. The van der Waals surface area contributed by atoms with Gasteiger partial charge in [-0.25, -0.2) is 9.97 Å². The molecule has 18 heavy (non-hydrogen) atoms. The molecule has 1 atom stereocenters. The molecule has 0 saturated carbocycles. The summed E-state index contributed by atoms with van der Waals surface area (Å²) in [7, 11) is 1.60. The number of nitrogens with zero attached hydrogens (tertiary/aromatic N) is 2. The molecule has 0 saturated heterocycles. The number of alkyl halides is 1. The predicted molar refractivity (Wildman–Crippen MR) is 78.1 cm³/mol. The van der Waals surface area contributed by atoms with Gasteiger partial charge >= 0.3 is 0 Å². The Balaban J connectivity index is 2.13. The summed E-state index contributed by atoms with van der Waals surface area (Å²) in [6.45, 7) is 0. The molecule has 5 heteroatoms. The monoisotopic (exact) mass is 370 g/mol. The van der Waals surface area contributed by atoms with Crippen molar-refractivity contribution in [3.8, 4) is 5.88 Å². The lowest BCUT2D eigenvalue weighted by atomic mass is 10.1. The molecule has 0 aliphatic rings. The number of rotatable bonds is 4. The van der Waals surface area contributed by atoms with Gasteiger partial charge in [0.05, 0.1) is 7.11 Å².